The van der Waals surface area contributed by atoms with Crippen molar-refractivity contribution < 1.29 is 9.53 Å². The van der Waals surface area contributed by atoms with Gasteiger partial charge in [0.2, 0.25) is 5.91 Å². The molecule has 3 aliphatic rings. The van der Waals surface area contributed by atoms with Gasteiger partial charge in [-0.25, -0.2) is 0 Å². The zero-order valence-corrected chi connectivity index (χ0v) is 13.5. The van der Waals surface area contributed by atoms with E-state index in [1.807, 2.05) is 4.90 Å². The number of hydrogen-bond donors (Lipinski definition) is 0. The van der Waals surface area contributed by atoms with Crippen molar-refractivity contribution >= 4 is 5.91 Å². The average Bonchev–Trinajstić information content (AvgIpc) is 2.96. The lowest BCUT2D eigenvalue weighted by Gasteiger charge is -2.53. The molecular formula is C17H30N2O2. The van der Waals surface area contributed by atoms with Crippen molar-refractivity contribution in [2.75, 3.05) is 39.3 Å². The van der Waals surface area contributed by atoms with E-state index in [9.17, 15) is 4.79 Å². The van der Waals surface area contributed by atoms with Crippen LogP contribution < -0.4 is 0 Å². The molecule has 0 aromatic carbocycles. The maximum atomic E-state index is 12.0. The topological polar surface area (TPSA) is 32.8 Å². The molecule has 0 aliphatic carbocycles. The van der Waals surface area contributed by atoms with Crippen molar-refractivity contribution in [1.82, 2.24) is 9.80 Å². The Balaban J connectivity index is 1.37. The first kappa shape index (κ1) is 15.3. The summed E-state index contributed by atoms with van der Waals surface area (Å²) in [5.74, 6) is 1.03. The minimum Gasteiger partial charge on any atom is -0.371 e. The molecule has 0 bridgehead atoms. The third-order valence-corrected chi connectivity index (χ3v) is 5.40. The van der Waals surface area contributed by atoms with Crippen LogP contribution in [0, 0.1) is 5.92 Å². The van der Waals surface area contributed by atoms with Crippen LogP contribution in [0.5, 0.6) is 0 Å². The first-order valence-electron chi connectivity index (χ1n) is 8.85. The lowest BCUT2D eigenvalue weighted by Crippen LogP contribution is -2.66. The van der Waals surface area contributed by atoms with Crippen molar-refractivity contribution in [2.45, 2.75) is 57.5 Å². The molecule has 0 aromatic heterocycles. The molecule has 3 fully saturated rings. The minimum atomic E-state index is 0.0172. The molecule has 120 valence electrons. The summed E-state index contributed by atoms with van der Waals surface area (Å²) in [6.07, 6.45) is 7.97. The van der Waals surface area contributed by atoms with Crippen molar-refractivity contribution in [3.05, 3.63) is 0 Å². The van der Waals surface area contributed by atoms with Gasteiger partial charge in [0, 0.05) is 13.0 Å². The maximum Gasteiger partial charge on any atom is 0.222 e. The van der Waals surface area contributed by atoms with Crippen LogP contribution in [0.4, 0.5) is 0 Å². The zero-order chi connectivity index (χ0) is 14.7. The molecule has 4 nitrogen and oxygen atoms in total. The molecule has 4 heteroatoms. The Morgan fingerprint density at radius 1 is 1.29 bits per heavy atom. The van der Waals surface area contributed by atoms with Gasteiger partial charge in [-0.15, -0.1) is 0 Å². The zero-order valence-electron chi connectivity index (χ0n) is 13.5. The third-order valence-electron chi connectivity index (χ3n) is 5.40. The average molecular weight is 294 g/mol. The fraction of sp³-hybridized carbons (Fsp3) is 0.941. The molecule has 0 saturated carbocycles. The molecule has 3 heterocycles. The van der Waals surface area contributed by atoms with Crippen molar-refractivity contribution in [3.63, 3.8) is 0 Å². The Morgan fingerprint density at radius 3 is 2.67 bits per heavy atom. The monoisotopic (exact) mass is 294 g/mol. The van der Waals surface area contributed by atoms with E-state index in [1.165, 1.54) is 38.9 Å². The van der Waals surface area contributed by atoms with E-state index in [0.29, 0.717) is 18.2 Å². The lowest BCUT2D eigenvalue weighted by molar-refractivity contribution is -0.189. The highest BCUT2D eigenvalue weighted by Gasteiger charge is 2.48. The van der Waals surface area contributed by atoms with E-state index in [-0.39, 0.29) is 5.60 Å². The fourth-order valence-electron chi connectivity index (χ4n) is 3.95. The molecule has 3 aliphatic heterocycles. The van der Waals surface area contributed by atoms with Gasteiger partial charge in [0.05, 0.1) is 19.7 Å². The van der Waals surface area contributed by atoms with E-state index in [0.717, 1.165) is 39.0 Å². The van der Waals surface area contributed by atoms with Crippen LogP contribution in [-0.4, -0.2) is 60.6 Å². The smallest absolute Gasteiger partial charge is 0.222 e. The van der Waals surface area contributed by atoms with E-state index in [1.54, 1.807) is 0 Å². The standard InChI is InChI=1S/C17H30N2O2/c1-2-3-6-16(20)19-13-17(14-19)8-7-15(12-21-17)11-18-9-4-5-10-18/h15H,2-14H2,1H3. The first-order valence-corrected chi connectivity index (χ1v) is 8.85. The van der Waals surface area contributed by atoms with Gasteiger partial charge in [-0.05, 0) is 51.1 Å². The van der Waals surface area contributed by atoms with Gasteiger partial charge in [-0.3, -0.25) is 4.79 Å². The van der Waals surface area contributed by atoms with Crippen LogP contribution in [0.1, 0.15) is 51.9 Å². The number of rotatable bonds is 5. The molecule has 0 N–H and O–H groups in total. The normalized spacial score (nSPS) is 28.8. The number of unbranched alkanes of at least 4 members (excludes halogenated alkanes) is 1. The predicted molar refractivity (Wildman–Crippen MR) is 83.2 cm³/mol. The van der Waals surface area contributed by atoms with Crippen LogP contribution in [0.3, 0.4) is 0 Å². The Morgan fingerprint density at radius 2 is 2.05 bits per heavy atom. The number of nitrogens with zero attached hydrogens (tertiary/aromatic N) is 2. The number of ether oxygens (including phenoxy) is 1. The number of likely N-dealkylation sites (tertiary alicyclic amines) is 2. The van der Waals surface area contributed by atoms with Crippen molar-refractivity contribution in [2.24, 2.45) is 5.92 Å². The molecule has 1 unspecified atom stereocenters. The summed E-state index contributed by atoms with van der Waals surface area (Å²) in [5.41, 5.74) is 0.0172. The van der Waals surface area contributed by atoms with E-state index < -0.39 is 0 Å². The Kier molecular flexibility index (Phi) is 4.85. The maximum absolute atomic E-state index is 12.0. The summed E-state index contributed by atoms with van der Waals surface area (Å²) in [4.78, 5) is 16.6. The number of carbonyl (C=O) groups is 1. The molecule has 1 amide bonds. The molecule has 1 atom stereocenters. The van der Waals surface area contributed by atoms with Gasteiger partial charge in [-0.1, -0.05) is 13.3 Å². The largest absolute Gasteiger partial charge is 0.371 e. The Bertz CT molecular complexity index is 350. The second-order valence-electron chi connectivity index (χ2n) is 7.26. The van der Waals surface area contributed by atoms with Crippen LogP contribution in [0.15, 0.2) is 0 Å². The van der Waals surface area contributed by atoms with Crippen LogP contribution in [0.25, 0.3) is 0 Å². The minimum absolute atomic E-state index is 0.0172. The van der Waals surface area contributed by atoms with Gasteiger partial charge in [0.1, 0.15) is 5.60 Å². The summed E-state index contributed by atoms with van der Waals surface area (Å²) < 4.78 is 6.19. The molecule has 3 saturated heterocycles. The molecule has 3 rings (SSSR count). The van der Waals surface area contributed by atoms with Crippen LogP contribution in [-0.2, 0) is 9.53 Å². The lowest BCUT2D eigenvalue weighted by atomic mass is 9.82. The van der Waals surface area contributed by atoms with E-state index in [2.05, 4.69) is 11.8 Å². The highest BCUT2D eigenvalue weighted by molar-refractivity contribution is 5.77. The van der Waals surface area contributed by atoms with Gasteiger partial charge >= 0.3 is 0 Å². The number of hydrogen-bond acceptors (Lipinski definition) is 3. The van der Waals surface area contributed by atoms with Crippen molar-refractivity contribution in [3.8, 4) is 0 Å². The van der Waals surface area contributed by atoms with Gasteiger partial charge in [0.15, 0.2) is 0 Å². The Hall–Kier alpha value is -0.610. The quantitative estimate of drug-likeness (QED) is 0.780. The van der Waals surface area contributed by atoms with Gasteiger partial charge < -0.3 is 14.5 Å². The van der Waals surface area contributed by atoms with Crippen LogP contribution >= 0.6 is 0 Å². The summed E-state index contributed by atoms with van der Waals surface area (Å²) >= 11 is 0. The van der Waals surface area contributed by atoms with E-state index in [4.69, 9.17) is 4.74 Å². The van der Waals surface area contributed by atoms with Gasteiger partial charge in [0.25, 0.3) is 0 Å². The first-order chi connectivity index (χ1) is 10.2. The summed E-state index contributed by atoms with van der Waals surface area (Å²) in [6.45, 7) is 8.49. The molecular weight excluding hydrogens is 264 g/mol. The molecule has 0 radical (unpaired) electrons. The third kappa shape index (κ3) is 3.59. The summed E-state index contributed by atoms with van der Waals surface area (Å²) in [6, 6.07) is 0. The number of carbonyl (C=O) groups excluding carboxylic acids is 1. The SMILES string of the molecule is CCCCC(=O)N1CC2(CCC(CN3CCCC3)CO2)C1. The van der Waals surface area contributed by atoms with Gasteiger partial charge in [-0.2, -0.15) is 0 Å². The molecule has 21 heavy (non-hydrogen) atoms. The Labute approximate surface area is 128 Å². The second-order valence-corrected chi connectivity index (χ2v) is 7.26. The highest BCUT2D eigenvalue weighted by Crippen LogP contribution is 2.36. The highest BCUT2D eigenvalue weighted by atomic mass is 16.5. The fourth-order valence-corrected chi connectivity index (χ4v) is 3.95. The van der Waals surface area contributed by atoms with Crippen molar-refractivity contribution in [1.29, 1.82) is 0 Å². The summed E-state index contributed by atoms with van der Waals surface area (Å²) in [5, 5.41) is 0. The molecule has 0 aromatic rings. The second kappa shape index (κ2) is 6.66. The van der Waals surface area contributed by atoms with Crippen LogP contribution in [0.2, 0.25) is 0 Å². The van der Waals surface area contributed by atoms with E-state index >= 15 is 0 Å². The molecule has 1 spiro atoms. The number of amides is 1. The summed E-state index contributed by atoms with van der Waals surface area (Å²) in [7, 11) is 0. The predicted octanol–water partition coefficient (Wildman–Crippen LogP) is 2.28.